The van der Waals surface area contributed by atoms with Gasteiger partial charge in [-0.05, 0) is 18.4 Å². The molecule has 0 spiro atoms. The average Bonchev–Trinajstić information content (AvgIpc) is 2.78. The number of nitrogens with zero attached hydrogens (tertiary/aromatic N) is 1. The first-order valence-electron chi connectivity index (χ1n) is 6.31. The Balaban J connectivity index is 0.00000162. The van der Waals surface area contributed by atoms with Gasteiger partial charge in [0.15, 0.2) is 0 Å². The summed E-state index contributed by atoms with van der Waals surface area (Å²) >= 11 is 0. The molecule has 3 nitrogen and oxygen atoms in total. The molecule has 18 heavy (non-hydrogen) atoms. The van der Waals surface area contributed by atoms with Crippen molar-refractivity contribution in [2.75, 3.05) is 13.1 Å². The number of carbonyl (C=O) groups excluding carboxylic acids is 1. The largest absolute Gasteiger partial charge is 0.341 e. The van der Waals surface area contributed by atoms with Crippen LogP contribution in [0.4, 0.5) is 0 Å². The number of benzene rings is 1. The Morgan fingerprint density at radius 2 is 2.11 bits per heavy atom. The second-order valence-electron chi connectivity index (χ2n) is 4.70. The van der Waals surface area contributed by atoms with E-state index in [0.29, 0.717) is 6.54 Å². The molecular formula is C14H21ClN2O. The molecule has 4 heteroatoms. The van der Waals surface area contributed by atoms with Crippen LogP contribution in [0, 0.1) is 0 Å². The standard InChI is InChI=1S/C14H20N2O.ClH/c1-2-13(11-6-4-3-5-7-11)14(17)16-9-8-12(15)10-16;/h3-7,12-13H,2,8-10,15H2,1H3;1H/t12-,13?;/m0./s1. The van der Waals surface area contributed by atoms with Crippen LogP contribution in [0.3, 0.4) is 0 Å². The topological polar surface area (TPSA) is 46.3 Å². The third kappa shape index (κ3) is 3.24. The molecule has 100 valence electrons. The maximum absolute atomic E-state index is 12.4. The van der Waals surface area contributed by atoms with Gasteiger partial charge >= 0.3 is 0 Å². The Hall–Kier alpha value is -1.06. The molecule has 0 saturated carbocycles. The van der Waals surface area contributed by atoms with E-state index in [1.165, 1.54) is 0 Å². The maximum Gasteiger partial charge on any atom is 0.230 e. The zero-order valence-corrected chi connectivity index (χ0v) is 11.5. The Bertz CT molecular complexity index is 383. The SMILES string of the molecule is CCC(C(=O)N1CC[C@H](N)C1)c1ccccc1.Cl. The number of likely N-dealkylation sites (tertiary alicyclic amines) is 1. The van der Waals surface area contributed by atoms with Crippen LogP contribution < -0.4 is 5.73 Å². The van der Waals surface area contributed by atoms with Crippen molar-refractivity contribution < 1.29 is 4.79 Å². The molecule has 1 unspecified atom stereocenters. The van der Waals surface area contributed by atoms with Crippen LogP contribution in [0.2, 0.25) is 0 Å². The molecule has 1 aliphatic heterocycles. The third-order valence-electron chi connectivity index (χ3n) is 3.44. The van der Waals surface area contributed by atoms with E-state index < -0.39 is 0 Å². The molecule has 2 N–H and O–H groups in total. The molecule has 2 atom stereocenters. The van der Waals surface area contributed by atoms with Crippen molar-refractivity contribution >= 4 is 18.3 Å². The summed E-state index contributed by atoms with van der Waals surface area (Å²) in [5.41, 5.74) is 6.96. The van der Waals surface area contributed by atoms with Crippen LogP contribution in [0.25, 0.3) is 0 Å². The smallest absolute Gasteiger partial charge is 0.230 e. The minimum Gasteiger partial charge on any atom is -0.341 e. The van der Waals surface area contributed by atoms with Crippen LogP contribution >= 0.6 is 12.4 Å². The first-order chi connectivity index (χ1) is 8.22. The summed E-state index contributed by atoms with van der Waals surface area (Å²) in [6.45, 7) is 3.58. The predicted molar refractivity (Wildman–Crippen MR) is 75.9 cm³/mol. The molecule has 1 aromatic carbocycles. The Kier molecular flexibility index (Phi) is 5.63. The normalized spacial score (nSPS) is 20.3. The second kappa shape index (κ2) is 6.76. The van der Waals surface area contributed by atoms with Gasteiger partial charge in [0.2, 0.25) is 5.91 Å². The summed E-state index contributed by atoms with van der Waals surface area (Å²) in [5, 5.41) is 0. The first kappa shape index (κ1) is 15.0. The van der Waals surface area contributed by atoms with Crippen LogP contribution in [-0.4, -0.2) is 29.9 Å². The second-order valence-corrected chi connectivity index (χ2v) is 4.70. The number of rotatable bonds is 3. The van der Waals surface area contributed by atoms with E-state index >= 15 is 0 Å². The predicted octanol–water partition coefficient (Wildman–Crippen LogP) is 2.16. The van der Waals surface area contributed by atoms with Crippen molar-refractivity contribution in [1.82, 2.24) is 4.90 Å². The van der Waals surface area contributed by atoms with Crippen LogP contribution in [0.1, 0.15) is 31.2 Å². The molecule has 1 fully saturated rings. The highest BCUT2D eigenvalue weighted by Gasteiger charge is 2.29. The maximum atomic E-state index is 12.4. The zero-order chi connectivity index (χ0) is 12.3. The van der Waals surface area contributed by atoms with Gasteiger partial charge < -0.3 is 10.6 Å². The van der Waals surface area contributed by atoms with Crippen molar-refractivity contribution in [2.24, 2.45) is 5.73 Å². The summed E-state index contributed by atoms with van der Waals surface area (Å²) < 4.78 is 0. The Labute approximate surface area is 115 Å². The van der Waals surface area contributed by atoms with Gasteiger partial charge in [0, 0.05) is 19.1 Å². The van der Waals surface area contributed by atoms with Gasteiger partial charge in [-0.15, -0.1) is 12.4 Å². The van der Waals surface area contributed by atoms with Gasteiger partial charge in [-0.3, -0.25) is 4.79 Å². The van der Waals surface area contributed by atoms with Crippen LogP contribution in [0.15, 0.2) is 30.3 Å². The van der Waals surface area contributed by atoms with Crippen molar-refractivity contribution in [1.29, 1.82) is 0 Å². The van der Waals surface area contributed by atoms with E-state index in [1.807, 2.05) is 35.2 Å². The average molecular weight is 269 g/mol. The lowest BCUT2D eigenvalue weighted by Crippen LogP contribution is -2.35. The number of hydrogen-bond acceptors (Lipinski definition) is 2. The fourth-order valence-electron chi connectivity index (χ4n) is 2.45. The highest BCUT2D eigenvalue weighted by atomic mass is 35.5. The first-order valence-corrected chi connectivity index (χ1v) is 6.31. The number of hydrogen-bond donors (Lipinski definition) is 1. The van der Waals surface area contributed by atoms with E-state index in [-0.39, 0.29) is 30.3 Å². The molecule has 0 bridgehead atoms. The molecule has 1 saturated heterocycles. The van der Waals surface area contributed by atoms with Gasteiger partial charge in [0.1, 0.15) is 0 Å². The lowest BCUT2D eigenvalue weighted by molar-refractivity contribution is -0.131. The minimum atomic E-state index is -0.0125. The monoisotopic (exact) mass is 268 g/mol. The van der Waals surface area contributed by atoms with Crippen LogP contribution in [-0.2, 0) is 4.79 Å². The molecule has 0 aromatic heterocycles. The fourth-order valence-corrected chi connectivity index (χ4v) is 2.45. The van der Waals surface area contributed by atoms with Crippen LogP contribution in [0.5, 0.6) is 0 Å². The summed E-state index contributed by atoms with van der Waals surface area (Å²) in [4.78, 5) is 14.3. The highest BCUT2D eigenvalue weighted by molar-refractivity contribution is 5.85. The van der Waals surface area contributed by atoms with E-state index in [0.717, 1.165) is 24.9 Å². The fraction of sp³-hybridized carbons (Fsp3) is 0.500. The molecule has 1 heterocycles. The summed E-state index contributed by atoms with van der Waals surface area (Å²) in [5.74, 6) is 0.216. The van der Waals surface area contributed by atoms with Gasteiger partial charge in [0.05, 0.1) is 5.92 Å². The Morgan fingerprint density at radius 1 is 1.44 bits per heavy atom. The van der Waals surface area contributed by atoms with E-state index in [9.17, 15) is 4.79 Å². The molecule has 2 rings (SSSR count). The number of halogens is 1. The van der Waals surface area contributed by atoms with Crippen molar-refractivity contribution in [3.05, 3.63) is 35.9 Å². The summed E-state index contributed by atoms with van der Waals surface area (Å²) in [7, 11) is 0. The quantitative estimate of drug-likeness (QED) is 0.913. The van der Waals surface area contributed by atoms with Gasteiger partial charge in [-0.25, -0.2) is 0 Å². The van der Waals surface area contributed by atoms with E-state index in [1.54, 1.807) is 0 Å². The lowest BCUT2D eigenvalue weighted by Gasteiger charge is -2.22. The van der Waals surface area contributed by atoms with Crippen molar-refractivity contribution in [2.45, 2.75) is 31.7 Å². The number of carbonyl (C=O) groups is 1. The number of amides is 1. The molecule has 1 amide bonds. The molecule has 0 aliphatic carbocycles. The van der Waals surface area contributed by atoms with E-state index in [4.69, 9.17) is 5.73 Å². The lowest BCUT2D eigenvalue weighted by atomic mass is 9.95. The van der Waals surface area contributed by atoms with Gasteiger partial charge in [0.25, 0.3) is 0 Å². The third-order valence-corrected chi connectivity index (χ3v) is 3.44. The van der Waals surface area contributed by atoms with Gasteiger partial charge in [-0.1, -0.05) is 37.3 Å². The zero-order valence-electron chi connectivity index (χ0n) is 10.7. The molecule has 1 aromatic rings. The summed E-state index contributed by atoms with van der Waals surface area (Å²) in [6, 6.07) is 10.2. The Morgan fingerprint density at radius 3 is 2.61 bits per heavy atom. The minimum absolute atomic E-state index is 0. The summed E-state index contributed by atoms with van der Waals surface area (Å²) in [6.07, 6.45) is 1.77. The van der Waals surface area contributed by atoms with Gasteiger partial charge in [-0.2, -0.15) is 0 Å². The van der Waals surface area contributed by atoms with E-state index in [2.05, 4.69) is 6.92 Å². The molecular weight excluding hydrogens is 248 g/mol. The molecule has 0 radical (unpaired) electrons. The highest BCUT2D eigenvalue weighted by Crippen LogP contribution is 2.23. The molecule has 1 aliphatic rings. The van der Waals surface area contributed by atoms with Crippen molar-refractivity contribution in [3.8, 4) is 0 Å². The van der Waals surface area contributed by atoms with Crippen molar-refractivity contribution in [3.63, 3.8) is 0 Å². The number of nitrogens with two attached hydrogens (primary N) is 1.